The maximum Gasteiger partial charge on any atom is 0.274 e. The second-order valence-corrected chi connectivity index (χ2v) is 6.26. The number of nitrogens with two attached hydrogens (primary N) is 1. The van der Waals surface area contributed by atoms with E-state index in [9.17, 15) is 23.6 Å². The van der Waals surface area contributed by atoms with Gasteiger partial charge in [-0.2, -0.15) is 0 Å². The van der Waals surface area contributed by atoms with E-state index in [0.29, 0.717) is 5.56 Å². The predicted octanol–water partition coefficient (Wildman–Crippen LogP) is 0.556. The molecule has 1 aliphatic carbocycles. The third-order valence-corrected chi connectivity index (χ3v) is 4.09. The molecule has 1 aliphatic rings. The van der Waals surface area contributed by atoms with Gasteiger partial charge in [-0.3, -0.25) is 10.1 Å². The van der Waals surface area contributed by atoms with Crippen LogP contribution >= 0.6 is 0 Å². The van der Waals surface area contributed by atoms with Crippen LogP contribution in [-0.4, -0.2) is 24.6 Å². The number of hydrogen-bond donors (Lipinski definition) is 2. The van der Waals surface area contributed by atoms with Crippen LogP contribution in [-0.2, 0) is 16.4 Å². The van der Waals surface area contributed by atoms with Crippen LogP contribution in [0.1, 0.15) is 18.4 Å². The first-order chi connectivity index (χ1) is 8.79. The van der Waals surface area contributed by atoms with Crippen LogP contribution in [0.15, 0.2) is 23.1 Å². The zero-order valence-corrected chi connectivity index (χ0v) is 10.8. The second-order valence-electron chi connectivity index (χ2n) is 4.70. The average molecular weight is 286 g/mol. The molecular formula is C11H14N2O5S. The molecular weight excluding hydrogens is 272 g/mol. The SMILES string of the molecule is NS(=O)(=O)c1ccc(CC(O)C2CC2)c([N+](=O)[O-])c1. The van der Waals surface area contributed by atoms with Crippen molar-refractivity contribution in [2.75, 3.05) is 0 Å². The van der Waals surface area contributed by atoms with Crippen molar-refractivity contribution in [2.24, 2.45) is 11.1 Å². The van der Waals surface area contributed by atoms with Crippen molar-refractivity contribution >= 4 is 15.7 Å². The molecule has 0 amide bonds. The summed E-state index contributed by atoms with van der Waals surface area (Å²) in [5, 5.41) is 25.7. The summed E-state index contributed by atoms with van der Waals surface area (Å²) in [6.45, 7) is 0. The molecule has 1 unspecified atom stereocenters. The summed E-state index contributed by atoms with van der Waals surface area (Å²) in [7, 11) is -3.98. The smallest absolute Gasteiger partial charge is 0.274 e. The molecule has 0 aliphatic heterocycles. The van der Waals surface area contributed by atoms with Gasteiger partial charge in [-0.15, -0.1) is 0 Å². The van der Waals surface area contributed by atoms with Crippen LogP contribution < -0.4 is 5.14 Å². The molecule has 3 N–H and O–H groups in total. The topological polar surface area (TPSA) is 124 Å². The minimum atomic E-state index is -3.98. The molecule has 7 nitrogen and oxygen atoms in total. The number of sulfonamides is 1. The number of aliphatic hydroxyl groups is 1. The van der Waals surface area contributed by atoms with Gasteiger partial charge < -0.3 is 5.11 Å². The van der Waals surface area contributed by atoms with Gasteiger partial charge in [0.05, 0.1) is 15.9 Å². The van der Waals surface area contributed by atoms with E-state index < -0.39 is 21.1 Å². The van der Waals surface area contributed by atoms with E-state index in [4.69, 9.17) is 5.14 Å². The molecule has 1 fully saturated rings. The molecule has 19 heavy (non-hydrogen) atoms. The fourth-order valence-electron chi connectivity index (χ4n) is 1.94. The summed E-state index contributed by atoms with van der Waals surface area (Å²) in [5.41, 5.74) is -0.0111. The molecule has 1 aromatic rings. The van der Waals surface area contributed by atoms with Crippen molar-refractivity contribution in [2.45, 2.75) is 30.3 Å². The first kappa shape index (κ1) is 13.9. The van der Waals surface area contributed by atoms with E-state index >= 15 is 0 Å². The van der Waals surface area contributed by atoms with Crippen LogP contribution in [0.2, 0.25) is 0 Å². The van der Waals surface area contributed by atoms with Gasteiger partial charge in [-0.05, 0) is 24.8 Å². The number of nitrogens with zero attached hydrogens (tertiary/aromatic N) is 1. The highest BCUT2D eigenvalue weighted by molar-refractivity contribution is 7.89. The summed E-state index contributed by atoms with van der Waals surface area (Å²) in [4.78, 5) is 9.99. The lowest BCUT2D eigenvalue weighted by Crippen LogP contribution is -2.16. The number of aliphatic hydroxyl groups excluding tert-OH is 1. The molecule has 8 heteroatoms. The molecule has 0 aromatic heterocycles. The van der Waals surface area contributed by atoms with Crippen LogP contribution in [0.3, 0.4) is 0 Å². The molecule has 1 atom stereocenters. The van der Waals surface area contributed by atoms with Crippen molar-refractivity contribution in [3.05, 3.63) is 33.9 Å². The van der Waals surface area contributed by atoms with Crippen LogP contribution in [0.4, 0.5) is 5.69 Å². The van der Waals surface area contributed by atoms with E-state index in [1.807, 2.05) is 0 Å². The first-order valence-corrected chi connectivity index (χ1v) is 7.32. The number of nitro benzene ring substituents is 1. The fourth-order valence-corrected chi connectivity index (χ4v) is 2.47. The summed E-state index contributed by atoms with van der Waals surface area (Å²) in [6.07, 6.45) is 1.36. The van der Waals surface area contributed by atoms with Gasteiger partial charge >= 0.3 is 0 Å². The minimum absolute atomic E-state index is 0.145. The Morgan fingerprint density at radius 2 is 2.11 bits per heavy atom. The van der Waals surface area contributed by atoms with E-state index in [1.165, 1.54) is 12.1 Å². The number of nitro groups is 1. The first-order valence-electron chi connectivity index (χ1n) is 5.77. The van der Waals surface area contributed by atoms with E-state index in [-0.39, 0.29) is 22.9 Å². The lowest BCUT2D eigenvalue weighted by Gasteiger charge is -2.10. The highest BCUT2D eigenvalue weighted by Crippen LogP contribution is 2.35. The molecule has 1 aromatic carbocycles. The third kappa shape index (κ3) is 3.28. The number of primary sulfonamides is 1. The van der Waals surface area contributed by atoms with Crippen molar-refractivity contribution in [3.63, 3.8) is 0 Å². The van der Waals surface area contributed by atoms with Gasteiger partial charge in [0.15, 0.2) is 0 Å². The minimum Gasteiger partial charge on any atom is -0.392 e. The van der Waals surface area contributed by atoms with Crippen molar-refractivity contribution in [3.8, 4) is 0 Å². The molecule has 0 bridgehead atoms. The maximum absolute atomic E-state index is 11.2. The quantitative estimate of drug-likeness (QED) is 0.604. The van der Waals surface area contributed by atoms with Crippen molar-refractivity contribution in [1.29, 1.82) is 0 Å². The maximum atomic E-state index is 11.2. The number of hydrogen-bond acceptors (Lipinski definition) is 5. The normalized spacial score (nSPS) is 17.2. The standard InChI is InChI=1S/C11H14N2O5S/c12-19(17,18)9-4-3-8(10(6-9)13(15)16)5-11(14)7-1-2-7/h3-4,6-7,11,14H,1-2,5H2,(H2,12,17,18). The molecule has 104 valence electrons. The van der Waals surface area contributed by atoms with Crippen LogP contribution in [0.5, 0.6) is 0 Å². The lowest BCUT2D eigenvalue weighted by atomic mass is 10.0. The van der Waals surface area contributed by atoms with Gasteiger partial charge in [-0.25, -0.2) is 13.6 Å². The average Bonchev–Trinajstić information content (AvgIpc) is 3.11. The molecule has 1 saturated carbocycles. The van der Waals surface area contributed by atoms with Crippen molar-refractivity contribution in [1.82, 2.24) is 0 Å². The Kier molecular flexibility index (Phi) is 3.57. The predicted molar refractivity (Wildman–Crippen MR) is 66.9 cm³/mol. The van der Waals surface area contributed by atoms with Gasteiger partial charge in [0, 0.05) is 18.1 Å². The van der Waals surface area contributed by atoms with Crippen LogP contribution in [0.25, 0.3) is 0 Å². The van der Waals surface area contributed by atoms with E-state index in [0.717, 1.165) is 18.9 Å². The Balaban J connectivity index is 2.35. The molecule has 0 radical (unpaired) electrons. The third-order valence-electron chi connectivity index (χ3n) is 3.18. The molecule has 0 heterocycles. The lowest BCUT2D eigenvalue weighted by molar-refractivity contribution is -0.385. The summed E-state index contributed by atoms with van der Waals surface area (Å²) in [6, 6.07) is 3.49. The zero-order valence-electron chi connectivity index (χ0n) is 10.0. The van der Waals surface area contributed by atoms with Gasteiger partial charge in [0.25, 0.3) is 5.69 Å². The second kappa shape index (κ2) is 4.87. The van der Waals surface area contributed by atoms with Crippen LogP contribution in [0, 0.1) is 16.0 Å². The zero-order chi connectivity index (χ0) is 14.2. The van der Waals surface area contributed by atoms with Gasteiger partial charge in [-0.1, -0.05) is 6.07 Å². The Hall–Kier alpha value is -1.51. The Morgan fingerprint density at radius 3 is 2.58 bits per heavy atom. The van der Waals surface area contributed by atoms with Gasteiger partial charge in [0.2, 0.25) is 10.0 Å². The number of rotatable bonds is 5. The van der Waals surface area contributed by atoms with Crippen molar-refractivity contribution < 1.29 is 18.4 Å². The summed E-state index contributed by atoms with van der Waals surface area (Å²) < 4.78 is 22.3. The fraction of sp³-hybridized carbons (Fsp3) is 0.455. The molecule has 0 saturated heterocycles. The largest absolute Gasteiger partial charge is 0.392 e. The highest BCUT2D eigenvalue weighted by atomic mass is 32.2. The summed E-state index contributed by atoms with van der Waals surface area (Å²) in [5.74, 6) is 0.192. The number of benzene rings is 1. The Morgan fingerprint density at radius 1 is 1.47 bits per heavy atom. The summed E-state index contributed by atoms with van der Waals surface area (Å²) >= 11 is 0. The highest BCUT2D eigenvalue weighted by Gasteiger charge is 2.31. The monoisotopic (exact) mass is 286 g/mol. The Bertz CT molecular complexity index is 610. The Labute approximate surface area is 110 Å². The van der Waals surface area contributed by atoms with E-state index in [2.05, 4.69) is 0 Å². The molecule has 0 spiro atoms. The van der Waals surface area contributed by atoms with E-state index in [1.54, 1.807) is 0 Å². The van der Waals surface area contributed by atoms with Gasteiger partial charge in [0.1, 0.15) is 0 Å². The molecule has 2 rings (SSSR count).